The second-order valence-electron chi connectivity index (χ2n) is 6.30. The first-order chi connectivity index (χ1) is 13.5. The van der Waals surface area contributed by atoms with Gasteiger partial charge in [-0.1, -0.05) is 12.1 Å². The summed E-state index contributed by atoms with van der Waals surface area (Å²) in [6.45, 7) is 4.46. The Kier molecular flexibility index (Phi) is 7.85. The Balaban J connectivity index is 1.71. The smallest absolute Gasteiger partial charge is 0.338 e. The summed E-state index contributed by atoms with van der Waals surface area (Å²) in [6.07, 6.45) is 0. The average molecular weight is 381 g/mol. The van der Waals surface area contributed by atoms with Crippen molar-refractivity contribution in [3.63, 3.8) is 0 Å². The number of ether oxygens (including phenoxy) is 2. The molecule has 2 aromatic rings. The highest BCUT2D eigenvalue weighted by Gasteiger charge is 2.08. The van der Waals surface area contributed by atoms with E-state index in [1.807, 2.05) is 19.9 Å². The fourth-order valence-corrected chi connectivity index (χ4v) is 2.26. The number of nitrogens with one attached hydrogen (secondary N) is 2. The second kappa shape index (κ2) is 10.6. The molecule has 7 nitrogen and oxygen atoms in total. The second-order valence-corrected chi connectivity index (χ2v) is 6.30. The van der Waals surface area contributed by atoms with E-state index in [1.165, 1.54) is 0 Å². The molecule has 0 saturated carbocycles. The summed E-state index contributed by atoms with van der Waals surface area (Å²) >= 11 is 0. The van der Waals surface area contributed by atoms with Crippen LogP contribution in [0.3, 0.4) is 0 Å². The van der Waals surface area contributed by atoms with Crippen molar-refractivity contribution in [2.45, 2.75) is 26.4 Å². The molecule has 2 aromatic carbocycles. The average Bonchev–Trinajstić information content (AvgIpc) is 2.70. The molecule has 0 spiro atoms. The SMILES string of the molecule is CC(C)NC(=O)NCc1ccc(C(=O)OCCOc2ccc(C#N)cc2)cc1. The third-order valence-electron chi connectivity index (χ3n) is 3.63. The lowest BCUT2D eigenvalue weighted by Crippen LogP contribution is -2.39. The van der Waals surface area contributed by atoms with Crippen LogP contribution in [-0.4, -0.2) is 31.3 Å². The zero-order chi connectivity index (χ0) is 20.4. The number of nitriles is 1. The minimum absolute atomic E-state index is 0.0676. The lowest BCUT2D eigenvalue weighted by Gasteiger charge is -2.10. The number of rotatable bonds is 8. The molecule has 0 atom stereocenters. The monoisotopic (exact) mass is 381 g/mol. The van der Waals surface area contributed by atoms with Crippen LogP contribution in [0, 0.1) is 11.3 Å². The van der Waals surface area contributed by atoms with Crippen LogP contribution in [0.1, 0.15) is 35.3 Å². The zero-order valence-electron chi connectivity index (χ0n) is 15.9. The van der Waals surface area contributed by atoms with Crippen molar-refractivity contribution in [2.75, 3.05) is 13.2 Å². The van der Waals surface area contributed by atoms with Gasteiger partial charge in [-0.05, 0) is 55.8 Å². The molecule has 0 heterocycles. The zero-order valence-corrected chi connectivity index (χ0v) is 15.9. The van der Waals surface area contributed by atoms with Gasteiger partial charge in [-0.15, -0.1) is 0 Å². The van der Waals surface area contributed by atoms with Crippen molar-refractivity contribution in [2.24, 2.45) is 0 Å². The van der Waals surface area contributed by atoms with E-state index in [0.29, 0.717) is 23.4 Å². The number of esters is 1. The molecule has 0 unspecified atom stereocenters. The van der Waals surface area contributed by atoms with E-state index in [2.05, 4.69) is 10.6 Å². The Morgan fingerprint density at radius 3 is 2.32 bits per heavy atom. The third kappa shape index (κ3) is 7.00. The number of benzene rings is 2. The largest absolute Gasteiger partial charge is 0.490 e. The van der Waals surface area contributed by atoms with Crippen LogP contribution in [0.5, 0.6) is 5.75 Å². The van der Waals surface area contributed by atoms with Crippen molar-refractivity contribution < 1.29 is 19.1 Å². The maximum Gasteiger partial charge on any atom is 0.338 e. The van der Waals surface area contributed by atoms with Gasteiger partial charge in [0.05, 0.1) is 17.2 Å². The molecular formula is C21H23N3O4. The first kappa shape index (κ1) is 20.8. The standard InChI is InChI=1S/C21H23N3O4/c1-15(2)24-21(26)23-14-17-3-7-18(8-4-17)20(25)28-12-11-27-19-9-5-16(13-22)6-10-19/h3-10,15H,11-12,14H2,1-2H3,(H2,23,24,26). The molecule has 2 amide bonds. The van der Waals surface area contributed by atoms with Gasteiger partial charge in [-0.2, -0.15) is 5.26 Å². The van der Waals surface area contributed by atoms with E-state index < -0.39 is 5.97 Å². The van der Waals surface area contributed by atoms with Gasteiger partial charge in [0.25, 0.3) is 0 Å². The lowest BCUT2D eigenvalue weighted by atomic mass is 10.1. The third-order valence-corrected chi connectivity index (χ3v) is 3.63. The molecule has 7 heteroatoms. The van der Waals surface area contributed by atoms with Gasteiger partial charge in [0.2, 0.25) is 0 Å². The summed E-state index contributed by atoms with van der Waals surface area (Å²) in [5, 5.41) is 14.2. The van der Waals surface area contributed by atoms with Gasteiger partial charge in [0, 0.05) is 12.6 Å². The lowest BCUT2D eigenvalue weighted by molar-refractivity contribution is 0.0450. The Labute approximate surface area is 164 Å². The maximum absolute atomic E-state index is 12.0. The quantitative estimate of drug-likeness (QED) is 0.541. The molecule has 28 heavy (non-hydrogen) atoms. The van der Waals surface area contributed by atoms with E-state index >= 15 is 0 Å². The summed E-state index contributed by atoms with van der Waals surface area (Å²) < 4.78 is 10.6. The van der Waals surface area contributed by atoms with E-state index in [-0.39, 0.29) is 25.3 Å². The van der Waals surface area contributed by atoms with Gasteiger partial charge >= 0.3 is 12.0 Å². The Hall–Kier alpha value is -3.53. The molecule has 0 aliphatic heterocycles. The number of carbonyl (C=O) groups is 2. The van der Waals surface area contributed by atoms with Gasteiger partial charge < -0.3 is 20.1 Å². The van der Waals surface area contributed by atoms with Gasteiger partial charge in [-0.3, -0.25) is 0 Å². The number of nitrogens with zero attached hydrogens (tertiary/aromatic N) is 1. The Morgan fingerprint density at radius 1 is 1.04 bits per heavy atom. The predicted octanol–water partition coefficient (Wildman–Crippen LogP) is 3.00. The molecule has 2 N–H and O–H groups in total. The van der Waals surface area contributed by atoms with Crippen LogP contribution in [0.25, 0.3) is 0 Å². The number of amides is 2. The molecule has 0 aliphatic rings. The van der Waals surface area contributed by atoms with Gasteiger partial charge in [-0.25, -0.2) is 9.59 Å². The Morgan fingerprint density at radius 2 is 1.71 bits per heavy atom. The van der Waals surface area contributed by atoms with E-state index in [4.69, 9.17) is 14.7 Å². The van der Waals surface area contributed by atoms with E-state index in [1.54, 1.807) is 48.5 Å². The molecule has 0 fully saturated rings. The van der Waals surface area contributed by atoms with Gasteiger partial charge in [0.1, 0.15) is 19.0 Å². The molecular weight excluding hydrogens is 358 g/mol. The van der Waals surface area contributed by atoms with Crippen LogP contribution in [-0.2, 0) is 11.3 Å². The van der Waals surface area contributed by atoms with Gasteiger partial charge in [0.15, 0.2) is 0 Å². The van der Waals surface area contributed by atoms with E-state index in [9.17, 15) is 9.59 Å². The van der Waals surface area contributed by atoms with Crippen LogP contribution in [0.4, 0.5) is 4.79 Å². The first-order valence-corrected chi connectivity index (χ1v) is 8.91. The molecule has 2 rings (SSSR count). The summed E-state index contributed by atoms with van der Waals surface area (Å²) in [7, 11) is 0. The Bertz CT molecular complexity index is 824. The van der Waals surface area contributed by atoms with Crippen molar-refractivity contribution in [3.8, 4) is 11.8 Å². The van der Waals surface area contributed by atoms with Crippen LogP contribution < -0.4 is 15.4 Å². The minimum atomic E-state index is -0.444. The topological polar surface area (TPSA) is 100 Å². The van der Waals surface area contributed by atoms with Crippen molar-refractivity contribution in [1.82, 2.24) is 10.6 Å². The summed E-state index contributed by atoms with van der Waals surface area (Å²) in [5.74, 6) is 0.161. The fourth-order valence-electron chi connectivity index (χ4n) is 2.26. The summed E-state index contributed by atoms with van der Waals surface area (Å²) in [5.41, 5.74) is 1.85. The molecule has 0 aliphatic carbocycles. The highest BCUT2D eigenvalue weighted by Crippen LogP contribution is 2.11. The van der Waals surface area contributed by atoms with E-state index in [0.717, 1.165) is 5.56 Å². The molecule has 0 aromatic heterocycles. The summed E-state index contributed by atoms with van der Waals surface area (Å²) in [4.78, 5) is 23.6. The number of urea groups is 1. The molecule has 0 bridgehead atoms. The maximum atomic E-state index is 12.0. The van der Waals surface area contributed by atoms with Crippen molar-refractivity contribution >= 4 is 12.0 Å². The minimum Gasteiger partial charge on any atom is -0.490 e. The number of hydrogen-bond donors (Lipinski definition) is 2. The summed E-state index contributed by atoms with van der Waals surface area (Å²) in [6, 6.07) is 15.4. The number of carbonyl (C=O) groups excluding carboxylic acids is 2. The molecule has 0 saturated heterocycles. The first-order valence-electron chi connectivity index (χ1n) is 8.91. The van der Waals surface area contributed by atoms with Crippen molar-refractivity contribution in [1.29, 1.82) is 5.26 Å². The predicted molar refractivity (Wildman–Crippen MR) is 104 cm³/mol. The molecule has 146 valence electrons. The van der Waals surface area contributed by atoms with Crippen LogP contribution in [0.15, 0.2) is 48.5 Å². The number of hydrogen-bond acceptors (Lipinski definition) is 5. The fraction of sp³-hybridized carbons (Fsp3) is 0.286. The highest BCUT2D eigenvalue weighted by atomic mass is 16.6. The van der Waals surface area contributed by atoms with Crippen molar-refractivity contribution in [3.05, 3.63) is 65.2 Å². The normalized spacial score (nSPS) is 10.1. The van der Waals surface area contributed by atoms with Crippen LogP contribution >= 0.6 is 0 Å². The highest BCUT2D eigenvalue weighted by molar-refractivity contribution is 5.89. The van der Waals surface area contributed by atoms with Crippen LogP contribution in [0.2, 0.25) is 0 Å². The molecule has 0 radical (unpaired) electrons.